The third kappa shape index (κ3) is 2.30. The minimum absolute atomic E-state index is 0.0799. The zero-order chi connectivity index (χ0) is 16.6. The Balaban J connectivity index is 2.03. The summed E-state index contributed by atoms with van der Waals surface area (Å²) in [5, 5.41) is 3.84. The summed E-state index contributed by atoms with van der Waals surface area (Å²) in [6, 6.07) is 1.74. The van der Waals surface area contributed by atoms with Gasteiger partial charge in [0.05, 0.1) is 27.2 Å². The molecule has 2 heterocycles. The van der Waals surface area contributed by atoms with Gasteiger partial charge in [0.1, 0.15) is 0 Å². The third-order valence-corrected chi connectivity index (χ3v) is 3.87. The van der Waals surface area contributed by atoms with Crippen LogP contribution in [-0.2, 0) is 14.4 Å². The maximum Gasteiger partial charge on any atom is 0.356 e. The molecule has 23 heavy (non-hydrogen) atoms. The van der Waals surface area contributed by atoms with Gasteiger partial charge in [-0.05, 0) is 6.07 Å². The molecule has 1 aromatic rings. The molecule has 0 saturated carbocycles. The maximum absolute atomic E-state index is 11.7. The van der Waals surface area contributed by atoms with Gasteiger partial charge in [-0.15, -0.1) is 0 Å². The van der Waals surface area contributed by atoms with Crippen LogP contribution < -0.4 is 18.9 Å². The molecule has 2 atom stereocenters. The summed E-state index contributed by atoms with van der Waals surface area (Å²) >= 11 is 0. The number of rotatable bonds is 4. The lowest BCUT2D eigenvalue weighted by Crippen LogP contribution is -2.23. The number of carbonyl (C=O) groups excluding carboxylic acids is 1. The molecule has 2 aliphatic heterocycles. The first-order valence-electron chi connectivity index (χ1n) is 6.98. The SMILES string of the molecule is COC(=O)C1=NO[C@H](c2cc(OC)c3c(c2OC)OCO3)[C@H]1C. The molecule has 1 aromatic carbocycles. The molecule has 0 fully saturated rings. The number of esters is 1. The molecule has 2 aliphatic rings. The summed E-state index contributed by atoms with van der Waals surface area (Å²) in [7, 11) is 4.35. The van der Waals surface area contributed by atoms with E-state index < -0.39 is 12.1 Å². The second-order valence-corrected chi connectivity index (χ2v) is 5.05. The van der Waals surface area contributed by atoms with Crippen molar-refractivity contribution in [1.29, 1.82) is 0 Å². The summed E-state index contributed by atoms with van der Waals surface area (Å²) in [6.45, 7) is 1.90. The Morgan fingerprint density at radius 1 is 1.22 bits per heavy atom. The van der Waals surface area contributed by atoms with Gasteiger partial charge in [0.25, 0.3) is 0 Å². The minimum Gasteiger partial charge on any atom is -0.493 e. The second-order valence-electron chi connectivity index (χ2n) is 5.05. The van der Waals surface area contributed by atoms with Crippen molar-refractivity contribution in [3.63, 3.8) is 0 Å². The van der Waals surface area contributed by atoms with Crippen LogP contribution in [0, 0.1) is 5.92 Å². The Morgan fingerprint density at radius 3 is 2.61 bits per heavy atom. The highest BCUT2D eigenvalue weighted by Gasteiger charge is 2.40. The highest BCUT2D eigenvalue weighted by Crippen LogP contribution is 2.53. The van der Waals surface area contributed by atoms with Crippen LogP contribution in [0.2, 0.25) is 0 Å². The summed E-state index contributed by atoms with van der Waals surface area (Å²) in [4.78, 5) is 17.2. The van der Waals surface area contributed by atoms with Gasteiger partial charge in [-0.1, -0.05) is 12.1 Å². The Kier molecular flexibility index (Phi) is 3.89. The van der Waals surface area contributed by atoms with Crippen LogP contribution in [0.3, 0.4) is 0 Å². The molecule has 0 bridgehead atoms. The Bertz CT molecular complexity index is 670. The van der Waals surface area contributed by atoms with Crippen LogP contribution in [0.25, 0.3) is 0 Å². The van der Waals surface area contributed by atoms with E-state index in [0.717, 1.165) is 0 Å². The quantitative estimate of drug-likeness (QED) is 0.779. The van der Waals surface area contributed by atoms with Crippen molar-refractivity contribution in [3.8, 4) is 23.0 Å². The molecule has 8 heteroatoms. The van der Waals surface area contributed by atoms with Crippen molar-refractivity contribution in [2.75, 3.05) is 28.1 Å². The second kappa shape index (κ2) is 5.86. The molecule has 8 nitrogen and oxygen atoms in total. The van der Waals surface area contributed by atoms with Gasteiger partial charge < -0.3 is 28.5 Å². The van der Waals surface area contributed by atoms with Gasteiger partial charge in [0.15, 0.2) is 23.3 Å². The fraction of sp³-hybridized carbons (Fsp3) is 0.467. The molecule has 0 amide bonds. The van der Waals surface area contributed by atoms with E-state index in [0.29, 0.717) is 28.6 Å². The zero-order valence-electron chi connectivity index (χ0n) is 13.2. The Labute approximate surface area is 132 Å². The molecule has 0 N–H and O–H groups in total. The number of benzene rings is 1. The number of carbonyl (C=O) groups is 1. The van der Waals surface area contributed by atoms with Crippen LogP contribution in [0.5, 0.6) is 23.0 Å². The van der Waals surface area contributed by atoms with Crippen LogP contribution in [-0.4, -0.2) is 39.8 Å². The summed E-state index contributed by atoms with van der Waals surface area (Å²) in [5.74, 6) is 1.05. The number of hydrogen-bond donors (Lipinski definition) is 0. The molecule has 0 spiro atoms. The van der Waals surface area contributed by atoms with E-state index >= 15 is 0 Å². The Hall–Kier alpha value is -2.64. The summed E-state index contributed by atoms with van der Waals surface area (Å²) in [5.41, 5.74) is 0.875. The number of fused-ring (bicyclic) bond motifs is 1. The van der Waals surface area contributed by atoms with Crippen molar-refractivity contribution in [1.82, 2.24) is 0 Å². The van der Waals surface area contributed by atoms with Crippen LogP contribution in [0.15, 0.2) is 11.2 Å². The van der Waals surface area contributed by atoms with Gasteiger partial charge in [-0.3, -0.25) is 0 Å². The molecule has 0 unspecified atom stereocenters. The van der Waals surface area contributed by atoms with Crippen molar-refractivity contribution >= 4 is 11.7 Å². The third-order valence-electron chi connectivity index (χ3n) is 3.87. The van der Waals surface area contributed by atoms with Gasteiger partial charge in [-0.25, -0.2) is 4.79 Å². The Morgan fingerprint density at radius 2 is 1.96 bits per heavy atom. The fourth-order valence-electron chi connectivity index (χ4n) is 2.69. The van der Waals surface area contributed by atoms with Gasteiger partial charge >= 0.3 is 5.97 Å². The molecular weight excluding hydrogens is 306 g/mol. The van der Waals surface area contributed by atoms with Gasteiger partial charge in [-0.2, -0.15) is 0 Å². The van der Waals surface area contributed by atoms with E-state index in [-0.39, 0.29) is 18.4 Å². The van der Waals surface area contributed by atoms with Crippen LogP contribution >= 0.6 is 0 Å². The first-order chi connectivity index (χ1) is 11.1. The van der Waals surface area contributed by atoms with E-state index in [1.54, 1.807) is 6.07 Å². The van der Waals surface area contributed by atoms with E-state index in [4.69, 9.17) is 28.5 Å². The first-order valence-corrected chi connectivity index (χ1v) is 6.98. The van der Waals surface area contributed by atoms with Crippen molar-refractivity contribution < 1.29 is 33.3 Å². The molecule has 0 aliphatic carbocycles. The van der Waals surface area contributed by atoms with E-state index in [1.165, 1.54) is 21.3 Å². The topological polar surface area (TPSA) is 84.8 Å². The smallest absolute Gasteiger partial charge is 0.356 e. The number of ether oxygens (including phenoxy) is 5. The lowest BCUT2D eigenvalue weighted by molar-refractivity contribution is -0.133. The molecule has 124 valence electrons. The number of oxime groups is 1. The maximum atomic E-state index is 11.7. The standard InChI is InChI=1S/C15H17NO7/c1-7-10(15(17)20-4)16-23-11(7)8-5-9(18-2)13-14(12(8)19-3)22-6-21-13/h5,7,11H,6H2,1-4H3/t7-,11-/m0/s1. The van der Waals surface area contributed by atoms with Crippen molar-refractivity contribution in [2.24, 2.45) is 11.1 Å². The van der Waals surface area contributed by atoms with Gasteiger partial charge in [0, 0.05) is 5.56 Å². The summed E-state index contributed by atoms with van der Waals surface area (Å²) < 4.78 is 26.4. The monoisotopic (exact) mass is 323 g/mol. The summed E-state index contributed by atoms with van der Waals surface area (Å²) in [6.07, 6.45) is -0.526. The van der Waals surface area contributed by atoms with E-state index in [9.17, 15) is 4.79 Å². The lowest BCUT2D eigenvalue weighted by atomic mass is 9.92. The molecule has 0 saturated heterocycles. The van der Waals surface area contributed by atoms with Crippen LogP contribution in [0.1, 0.15) is 18.6 Å². The molecule has 3 rings (SSSR count). The minimum atomic E-state index is -0.526. The van der Waals surface area contributed by atoms with E-state index in [1.807, 2.05) is 6.92 Å². The highest BCUT2D eigenvalue weighted by atomic mass is 16.7. The highest BCUT2D eigenvalue weighted by molar-refractivity contribution is 6.37. The fourth-order valence-corrected chi connectivity index (χ4v) is 2.69. The molecule has 0 aromatic heterocycles. The number of hydrogen-bond acceptors (Lipinski definition) is 8. The predicted octanol–water partition coefficient (Wildman–Crippen LogP) is 1.67. The lowest BCUT2D eigenvalue weighted by Gasteiger charge is -2.19. The first kappa shape index (κ1) is 15.3. The number of methoxy groups -OCH3 is 3. The van der Waals surface area contributed by atoms with E-state index in [2.05, 4.69) is 5.16 Å². The van der Waals surface area contributed by atoms with Crippen LogP contribution in [0.4, 0.5) is 0 Å². The zero-order valence-corrected chi connectivity index (χ0v) is 13.2. The average molecular weight is 323 g/mol. The van der Waals surface area contributed by atoms with Crippen molar-refractivity contribution in [3.05, 3.63) is 11.6 Å². The predicted molar refractivity (Wildman–Crippen MR) is 78.1 cm³/mol. The van der Waals surface area contributed by atoms with Gasteiger partial charge in [0.2, 0.25) is 18.3 Å². The van der Waals surface area contributed by atoms with Crippen molar-refractivity contribution in [2.45, 2.75) is 13.0 Å². The molecule has 0 radical (unpaired) electrons. The number of nitrogens with zero attached hydrogens (tertiary/aromatic N) is 1. The average Bonchev–Trinajstić information content (AvgIpc) is 3.19. The normalized spacial score (nSPS) is 21.5. The largest absolute Gasteiger partial charge is 0.493 e. The molecular formula is C15H17NO7.